The van der Waals surface area contributed by atoms with Gasteiger partial charge in [0.25, 0.3) is 0 Å². The Morgan fingerprint density at radius 1 is 0.867 bits per heavy atom. The number of aliphatic hydroxyl groups is 1. The third-order valence-electron chi connectivity index (χ3n) is 3.98. The summed E-state index contributed by atoms with van der Waals surface area (Å²) in [4.78, 5) is 0. The molecule has 0 radical (unpaired) electrons. The standard InChI is InChI=1S/C13H24OS/c14-13(12-9-5-6-10-15-12)11-7-3-1-2-4-8-11/h11-14H,1-10H2. The van der Waals surface area contributed by atoms with E-state index in [9.17, 15) is 5.11 Å². The second-order valence-electron chi connectivity index (χ2n) is 5.15. The fourth-order valence-electron chi connectivity index (χ4n) is 2.99. The zero-order valence-corrected chi connectivity index (χ0v) is 10.5. The van der Waals surface area contributed by atoms with Crippen LogP contribution in [0.5, 0.6) is 0 Å². The molecule has 2 aliphatic rings. The van der Waals surface area contributed by atoms with Crippen LogP contribution in [0.25, 0.3) is 0 Å². The van der Waals surface area contributed by atoms with Crippen molar-refractivity contribution in [3.63, 3.8) is 0 Å². The van der Waals surface area contributed by atoms with E-state index in [-0.39, 0.29) is 6.10 Å². The van der Waals surface area contributed by atoms with Crippen LogP contribution in [0, 0.1) is 5.92 Å². The Kier molecular flexibility index (Phi) is 4.83. The van der Waals surface area contributed by atoms with Gasteiger partial charge in [0.15, 0.2) is 0 Å². The van der Waals surface area contributed by atoms with Crippen LogP contribution in [0.4, 0.5) is 0 Å². The van der Waals surface area contributed by atoms with Crippen molar-refractivity contribution in [2.75, 3.05) is 5.75 Å². The molecule has 1 nitrogen and oxygen atoms in total. The second-order valence-corrected chi connectivity index (χ2v) is 6.49. The Morgan fingerprint density at radius 2 is 1.53 bits per heavy atom. The average Bonchev–Trinajstić information content (AvgIpc) is 2.58. The lowest BCUT2D eigenvalue weighted by atomic mass is 9.90. The van der Waals surface area contributed by atoms with Gasteiger partial charge in [-0.05, 0) is 37.4 Å². The lowest BCUT2D eigenvalue weighted by Gasteiger charge is -2.31. The maximum absolute atomic E-state index is 10.4. The van der Waals surface area contributed by atoms with Gasteiger partial charge in [-0.25, -0.2) is 0 Å². The minimum atomic E-state index is -0.00611. The van der Waals surface area contributed by atoms with E-state index in [2.05, 4.69) is 0 Å². The van der Waals surface area contributed by atoms with E-state index in [1.807, 2.05) is 11.8 Å². The van der Waals surface area contributed by atoms with Gasteiger partial charge in [0, 0.05) is 5.25 Å². The molecule has 1 heterocycles. The topological polar surface area (TPSA) is 20.2 Å². The first-order valence-electron chi connectivity index (χ1n) is 6.67. The predicted molar refractivity (Wildman–Crippen MR) is 67.3 cm³/mol. The summed E-state index contributed by atoms with van der Waals surface area (Å²) in [5.41, 5.74) is 0. The molecule has 0 spiro atoms. The van der Waals surface area contributed by atoms with Gasteiger partial charge in [0.1, 0.15) is 0 Å². The number of aliphatic hydroxyl groups excluding tert-OH is 1. The molecular weight excluding hydrogens is 204 g/mol. The summed E-state index contributed by atoms with van der Waals surface area (Å²) in [6.45, 7) is 0. The third-order valence-corrected chi connectivity index (χ3v) is 5.45. The Labute approximate surface area is 98.0 Å². The van der Waals surface area contributed by atoms with E-state index < -0.39 is 0 Å². The molecule has 0 bridgehead atoms. The molecule has 1 saturated heterocycles. The lowest BCUT2D eigenvalue weighted by Crippen LogP contribution is -2.33. The van der Waals surface area contributed by atoms with Crippen molar-refractivity contribution < 1.29 is 5.11 Å². The molecule has 2 rings (SSSR count). The fourth-order valence-corrected chi connectivity index (χ4v) is 4.42. The molecule has 15 heavy (non-hydrogen) atoms. The van der Waals surface area contributed by atoms with Gasteiger partial charge < -0.3 is 5.11 Å². The van der Waals surface area contributed by atoms with E-state index in [0.717, 1.165) is 0 Å². The highest BCUT2D eigenvalue weighted by molar-refractivity contribution is 8.00. The first-order valence-corrected chi connectivity index (χ1v) is 7.72. The largest absolute Gasteiger partial charge is 0.392 e. The Balaban J connectivity index is 1.83. The van der Waals surface area contributed by atoms with Crippen molar-refractivity contribution in [3.05, 3.63) is 0 Å². The van der Waals surface area contributed by atoms with Crippen molar-refractivity contribution in [2.45, 2.75) is 69.1 Å². The van der Waals surface area contributed by atoms with E-state index in [4.69, 9.17) is 0 Å². The maximum atomic E-state index is 10.4. The van der Waals surface area contributed by atoms with Crippen molar-refractivity contribution in [2.24, 2.45) is 5.92 Å². The van der Waals surface area contributed by atoms with Crippen LogP contribution >= 0.6 is 11.8 Å². The summed E-state index contributed by atoms with van der Waals surface area (Å²) >= 11 is 2.02. The quantitative estimate of drug-likeness (QED) is 0.729. The summed E-state index contributed by atoms with van der Waals surface area (Å²) in [5, 5.41) is 11.0. The molecule has 88 valence electrons. The minimum Gasteiger partial charge on any atom is -0.392 e. The van der Waals surface area contributed by atoms with Crippen LogP contribution in [0.1, 0.15) is 57.8 Å². The molecule has 2 heteroatoms. The molecule has 1 aliphatic carbocycles. The van der Waals surface area contributed by atoms with Gasteiger partial charge in [0.2, 0.25) is 0 Å². The number of hydrogen-bond donors (Lipinski definition) is 1. The van der Waals surface area contributed by atoms with Crippen LogP contribution in [-0.2, 0) is 0 Å². The van der Waals surface area contributed by atoms with Gasteiger partial charge in [-0.1, -0.05) is 32.1 Å². The van der Waals surface area contributed by atoms with E-state index in [1.54, 1.807) is 0 Å². The fraction of sp³-hybridized carbons (Fsp3) is 1.00. The summed E-state index contributed by atoms with van der Waals surface area (Å²) in [5.74, 6) is 1.89. The first-order chi connectivity index (χ1) is 7.38. The summed E-state index contributed by atoms with van der Waals surface area (Å²) < 4.78 is 0. The Morgan fingerprint density at radius 3 is 2.13 bits per heavy atom. The highest BCUT2D eigenvalue weighted by Gasteiger charge is 2.29. The molecule has 1 N–H and O–H groups in total. The van der Waals surface area contributed by atoms with Crippen LogP contribution in [0.2, 0.25) is 0 Å². The number of hydrogen-bond acceptors (Lipinski definition) is 2. The lowest BCUT2D eigenvalue weighted by molar-refractivity contribution is 0.0921. The summed E-state index contributed by atoms with van der Waals surface area (Å²) in [6.07, 6.45) is 12.0. The van der Waals surface area contributed by atoms with Crippen molar-refractivity contribution in [3.8, 4) is 0 Å². The van der Waals surface area contributed by atoms with Gasteiger partial charge in [-0.15, -0.1) is 0 Å². The second kappa shape index (κ2) is 6.15. The van der Waals surface area contributed by atoms with Crippen LogP contribution in [0.3, 0.4) is 0 Å². The first kappa shape index (κ1) is 11.8. The molecule has 0 aromatic heterocycles. The maximum Gasteiger partial charge on any atom is 0.0686 e. The summed E-state index contributed by atoms with van der Waals surface area (Å²) in [7, 11) is 0. The zero-order chi connectivity index (χ0) is 10.5. The van der Waals surface area contributed by atoms with Crippen LogP contribution < -0.4 is 0 Å². The minimum absolute atomic E-state index is 0.00611. The molecule has 0 aromatic rings. The zero-order valence-electron chi connectivity index (χ0n) is 9.66. The van der Waals surface area contributed by atoms with E-state index in [0.29, 0.717) is 11.2 Å². The normalized spacial score (nSPS) is 32.2. The molecule has 1 aliphatic heterocycles. The van der Waals surface area contributed by atoms with Crippen LogP contribution in [0.15, 0.2) is 0 Å². The van der Waals surface area contributed by atoms with Gasteiger partial charge in [0.05, 0.1) is 6.10 Å². The smallest absolute Gasteiger partial charge is 0.0686 e. The molecule has 2 fully saturated rings. The van der Waals surface area contributed by atoms with Crippen molar-refractivity contribution >= 4 is 11.8 Å². The molecule has 1 saturated carbocycles. The Hall–Kier alpha value is 0.310. The molecule has 2 unspecified atom stereocenters. The molecule has 2 atom stereocenters. The van der Waals surface area contributed by atoms with Gasteiger partial charge >= 0.3 is 0 Å². The highest BCUT2D eigenvalue weighted by atomic mass is 32.2. The summed E-state index contributed by atoms with van der Waals surface area (Å²) in [6, 6.07) is 0. The van der Waals surface area contributed by atoms with Crippen molar-refractivity contribution in [1.82, 2.24) is 0 Å². The number of rotatable bonds is 2. The number of thioether (sulfide) groups is 1. The highest BCUT2D eigenvalue weighted by Crippen LogP contribution is 2.35. The predicted octanol–water partition coefficient (Wildman–Crippen LogP) is 3.60. The molecule has 0 amide bonds. The SMILES string of the molecule is OC(C1CCCCCC1)C1CCCCS1. The van der Waals surface area contributed by atoms with E-state index in [1.165, 1.54) is 63.5 Å². The molecule has 0 aromatic carbocycles. The van der Waals surface area contributed by atoms with Gasteiger partial charge in [-0.3, -0.25) is 0 Å². The van der Waals surface area contributed by atoms with Crippen LogP contribution in [-0.4, -0.2) is 22.2 Å². The molecular formula is C13H24OS. The van der Waals surface area contributed by atoms with E-state index >= 15 is 0 Å². The average molecular weight is 228 g/mol. The Bertz CT molecular complexity index is 169. The third kappa shape index (κ3) is 3.39. The van der Waals surface area contributed by atoms with Gasteiger partial charge in [-0.2, -0.15) is 11.8 Å². The van der Waals surface area contributed by atoms with Crippen molar-refractivity contribution in [1.29, 1.82) is 0 Å². The monoisotopic (exact) mass is 228 g/mol.